The largest absolute Gasteiger partial charge is 0.385 e. The summed E-state index contributed by atoms with van der Waals surface area (Å²) in [6.07, 6.45) is 5.45. The minimum absolute atomic E-state index is 0.0309. The SMILES string of the molecule is CCCc1c(Cc2ccc(-c3ccccc3C#N)cc2F)c(=O)n([C@H]2CC[C@H](OC3COCC3(C)O)CC2)c2ncnn12. The molecule has 1 N–H and O–H groups in total. The van der Waals surface area contributed by atoms with Crippen LogP contribution in [0.15, 0.2) is 53.6 Å². The highest BCUT2D eigenvalue weighted by Gasteiger charge is 2.41. The number of aliphatic hydroxyl groups is 1. The van der Waals surface area contributed by atoms with Gasteiger partial charge in [-0.15, -0.1) is 0 Å². The summed E-state index contributed by atoms with van der Waals surface area (Å²) in [4.78, 5) is 18.7. The number of fused-ring (bicyclic) bond motifs is 1. The van der Waals surface area contributed by atoms with Gasteiger partial charge in [-0.3, -0.25) is 9.36 Å². The number of hydrogen-bond acceptors (Lipinski definition) is 7. The summed E-state index contributed by atoms with van der Waals surface area (Å²) in [7, 11) is 0. The highest BCUT2D eigenvalue weighted by atomic mass is 19.1. The molecule has 9 nitrogen and oxygen atoms in total. The molecule has 0 bridgehead atoms. The van der Waals surface area contributed by atoms with E-state index in [1.807, 2.05) is 13.0 Å². The lowest BCUT2D eigenvalue weighted by molar-refractivity contribution is -0.109. The van der Waals surface area contributed by atoms with Crippen LogP contribution in [0.4, 0.5) is 4.39 Å². The standard InChI is InChI=1S/C33H36FN5O4/c1-3-6-29-27(15-22-10-9-21(16-28(22)34)26-8-5-4-7-23(26)17-35)31(40)38(32-36-20-37-39(29)32)24-11-13-25(14-12-24)43-30-18-42-19-33(30,2)41/h4-5,7-10,16,20,24-25,30,41H,3,6,11-15,18-19H2,1-2H3/t24-,25-,30?,33?. The number of aryl methyl sites for hydroxylation is 1. The van der Waals surface area contributed by atoms with Gasteiger partial charge in [0.1, 0.15) is 23.8 Å². The van der Waals surface area contributed by atoms with Gasteiger partial charge < -0.3 is 14.6 Å². The zero-order chi connectivity index (χ0) is 30.1. The molecule has 3 heterocycles. The molecular weight excluding hydrogens is 549 g/mol. The monoisotopic (exact) mass is 585 g/mol. The van der Waals surface area contributed by atoms with Crippen molar-refractivity contribution in [2.45, 2.75) is 82.6 Å². The van der Waals surface area contributed by atoms with Gasteiger partial charge in [0.05, 0.1) is 36.6 Å². The molecule has 43 heavy (non-hydrogen) atoms. The highest BCUT2D eigenvalue weighted by Crippen LogP contribution is 2.34. The molecule has 2 atom stereocenters. The summed E-state index contributed by atoms with van der Waals surface area (Å²) in [6.45, 7) is 4.40. The first-order valence-electron chi connectivity index (χ1n) is 15.0. The molecule has 0 amide bonds. The summed E-state index contributed by atoms with van der Waals surface area (Å²) in [6, 6.07) is 14.1. The van der Waals surface area contributed by atoms with Gasteiger partial charge in [0.2, 0.25) is 5.78 Å². The zero-order valence-electron chi connectivity index (χ0n) is 24.5. The minimum atomic E-state index is -1.00. The molecule has 1 saturated heterocycles. The quantitative estimate of drug-likeness (QED) is 0.317. The third kappa shape index (κ3) is 5.60. The number of ether oxygens (including phenoxy) is 2. The van der Waals surface area contributed by atoms with Gasteiger partial charge in [-0.2, -0.15) is 15.3 Å². The Balaban J connectivity index is 1.31. The summed E-state index contributed by atoms with van der Waals surface area (Å²) >= 11 is 0. The smallest absolute Gasteiger partial charge is 0.259 e. The van der Waals surface area contributed by atoms with E-state index in [0.717, 1.165) is 25.0 Å². The van der Waals surface area contributed by atoms with Crippen LogP contribution in [0.3, 0.4) is 0 Å². The lowest BCUT2D eigenvalue weighted by atomic mass is 9.91. The Morgan fingerprint density at radius 3 is 2.70 bits per heavy atom. The Morgan fingerprint density at radius 2 is 2.00 bits per heavy atom. The fraction of sp³-hybridized carbons (Fsp3) is 0.455. The van der Waals surface area contributed by atoms with Crippen molar-refractivity contribution in [2.75, 3.05) is 13.2 Å². The first-order chi connectivity index (χ1) is 20.8. The van der Waals surface area contributed by atoms with Gasteiger partial charge in [0.15, 0.2) is 0 Å². The molecule has 10 heteroatoms. The van der Waals surface area contributed by atoms with Crippen molar-refractivity contribution < 1.29 is 19.0 Å². The van der Waals surface area contributed by atoms with E-state index >= 15 is 4.39 Å². The molecule has 224 valence electrons. The molecule has 1 saturated carbocycles. The fourth-order valence-electron chi connectivity index (χ4n) is 6.46. The number of nitrogens with zero attached hydrogens (tertiary/aromatic N) is 5. The second-order valence-electron chi connectivity index (χ2n) is 11.9. The van der Waals surface area contributed by atoms with E-state index in [-0.39, 0.29) is 36.8 Å². The van der Waals surface area contributed by atoms with Crippen LogP contribution in [0.25, 0.3) is 16.9 Å². The number of halogens is 1. The maximum absolute atomic E-state index is 15.6. The van der Waals surface area contributed by atoms with E-state index in [4.69, 9.17) is 9.47 Å². The van der Waals surface area contributed by atoms with Crippen LogP contribution in [-0.2, 0) is 22.3 Å². The molecule has 1 aliphatic carbocycles. The molecule has 2 aliphatic rings. The third-order valence-corrected chi connectivity index (χ3v) is 8.81. The second-order valence-corrected chi connectivity index (χ2v) is 11.9. The lowest BCUT2D eigenvalue weighted by Crippen LogP contribution is -2.43. The van der Waals surface area contributed by atoms with Crippen molar-refractivity contribution in [1.82, 2.24) is 19.2 Å². The van der Waals surface area contributed by atoms with Crippen LogP contribution in [0.5, 0.6) is 0 Å². The van der Waals surface area contributed by atoms with Crippen molar-refractivity contribution >= 4 is 5.78 Å². The van der Waals surface area contributed by atoms with Gasteiger partial charge in [0, 0.05) is 18.0 Å². The number of nitriles is 1. The van der Waals surface area contributed by atoms with E-state index in [2.05, 4.69) is 16.2 Å². The molecule has 6 rings (SSSR count). The van der Waals surface area contributed by atoms with E-state index in [0.29, 0.717) is 59.5 Å². The van der Waals surface area contributed by atoms with E-state index in [9.17, 15) is 15.2 Å². The first-order valence-corrected chi connectivity index (χ1v) is 15.0. The van der Waals surface area contributed by atoms with Gasteiger partial charge >= 0.3 is 0 Å². The minimum Gasteiger partial charge on any atom is -0.385 e. The third-order valence-electron chi connectivity index (χ3n) is 8.81. The Labute approximate surface area is 249 Å². The molecule has 2 aromatic carbocycles. The van der Waals surface area contributed by atoms with Crippen LogP contribution >= 0.6 is 0 Å². The van der Waals surface area contributed by atoms with Crippen molar-refractivity contribution in [2.24, 2.45) is 0 Å². The van der Waals surface area contributed by atoms with Gasteiger partial charge in [-0.05, 0) is 67.9 Å². The Hall–Kier alpha value is -3.91. The van der Waals surface area contributed by atoms with Crippen LogP contribution in [0.2, 0.25) is 0 Å². The number of rotatable bonds is 8. The van der Waals surface area contributed by atoms with Crippen LogP contribution in [0, 0.1) is 17.1 Å². The average Bonchev–Trinajstić information content (AvgIpc) is 3.62. The average molecular weight is 586 g/mol. The maximum Gasteiger partial charge on any atom is 0.259 e. The van der Waals surface area contributed by atoms with Crippen molar-refractivity contribution in [3.63, 3.8) is 0 Å². The van der Waals surface area contributed by atoms with Crippen molar-refractivity contribution in [3.8, 4) is 17.2 Å². The van der Waals surface area contributed by atoms with E-state index in [1.165, 1.54) is 12.4 Å². The van der Waals surface area contributed by atoms with Gasteiger partial charge in [0.25, 0.3) is 5.56 Å². The zero-order valence-corrected chi connectivity index (χ0v) is 24.5. The van der Waals surface area contributed by atoms with Gasteiger partial charge in [-0.25, -0.2) is 8.91 Å². The predicted octanol–water partition coefficient (Wildman–Crippen LogP) is 4.76. The molecule has 0 spiro atoms. The molecule has 2 aromatic heterocycles. The first kappa shape index (κ1) is 29.2. The molecule has 1 aliphatic heterocycles. The lowest BCUT2D eigenvalue weighted by Gasteiger charge is -2.34. The predicted molar refractivity (Wildman–Crippen MR) is 158 cm³/mol. The number of benzene rings is 2. The van der Waals surface area contributed by atoms with Crippen LogP contribution < -0.4 is 5.56 Å². The van der Waals surface area contributed by atoms with Gasteiger partial charge in [-0.1, -0.05) is 43.7 Å². The second kappa shape index (κ2) is 12.0. The number of hydrogen-bond donors (Lipinski definition) is 1. The molecule has 2 fully saturated rings. The van der Waals surface area contributed by atoms with Crippen LogP contribution in [0.1, 0.15) is 74.4 Å². The molecule has 4 aromatic rings. The molecule has 0 radical (unpaired) electrons. The number of aromatic nitrogens is 4. The van der Waals surface area contributed by atoms with Crippen molar-refractivity contribution in [1.29, 1.82) is 5.26 Å². The van der Waals surface area contributed by atoms with Crippen LogP contribution in [-0.4, -0.2) is 55.3 Å². The normalized spacial score (nSPS) is 23.9. The summed E-state index contributed by atoms with van der Waals surface area (Å²) in [5.74, 6) is 0.0689. The Kier molecular flexibility index (Phi) is 8.14. The molecular formula is C33H36FN5O4. The van der Waals surface area contributed by atoms with Crippen molar-refractivity contribution in [3.05, 3.63) is 87.3 Å². The summed E-state index contributed by atoms with van der Waals surface area (Å²) in [5.41, 5.74) is 2.24. The molecule has 2 unspecified atom stereocenters. The Morgan fingerprint density at radius 1 is 1.21 bits per heavy atom. The topological polar surface area (TPSA) is 115 Å². The maximum atomic E-state index is 15.6. The Bertz CT molecular complexity index is 1730. The highest BCUT2D eigenvalue weighted by molar-refractivity contribution is 5.70. The summed E-state index contributed by atoms with van der Waals surface area (Å²) < 4.78 is 30.7. The van der Waals surface area contributed by atoms with E-state index < -0.39 is 11.4 Å². The fourth-order valence-corrected chi connectivity index (χ4v) is 6.46. The summed E-state index contributed by atoms with van der Waals surface area (Å²) in [5, 5.41) is 24.5. The van der Waals surface area contributed by atoms with E-state index in [1.54, 1.807) is 46.3 Å².